The van der Waals surface area contributed by atoms with Gasteiger partial charge in [0.25, 0.3) is 0 Å². The predicted molar refractivity (Wildman–Crippen MR) is 104 cm³/mol. The summed E-state index contributed by atoms with van der Waals surface area (Å²) in [6, 6.07) is 22.0. The van der Waals surface area contributed by atoms with E-state index in [0.29, 0.717) is 16.7 Å². The van der Waals surface area contributed by atoms with Gasteiger partial charge < -0.3 is 0 Å². The van der Waals surface area contributed by atoms with Gasteiger partial charge in [0.1, 0.15) is 12.1 Å². The molecule has 0 fully saturated rings. The molecule has 3 aromatic rings. The summed E-state index contributed by atoms with van der Waals surface area (Å²) >= 11 is 0. The Kier molecular flexibility index (Phi) is 4.40. The fourth-order valence-corrected chi connectivity index (χ4v) is 3.53. The van der Waals surface area contributed by atoms with E-state index >= 15 is 0 Å². The zero-order valence-corrected chi connectivity index (χ0v) is 14.5. The van der Waals surface area contributed by atoms with Crippen LogP contribution < -0.4 is 0 Å². The third kappa shape index (κ3) is 3.18. The lowest BCUT2D eigenvalue weighted by molar-refractivity contribution is 0.112. The lowest BCUT2D eigenvalue weighted by Gasteiger charge is -2.27. The van der Waals surface area contributed by atoms with Gasteiger partial charge in [-0.2, -0.15) is 5.26 Å². The summed E-state index contributed by atoms with van der Waals surface area (Å²) in [5.74, 6) is -0.140. The van der Waals surface area contributed by atoms with E-state index in [1.807, 2.05) is 48.5 Å². The number of rotatable bonds is 4. The summed E-state index contributed by atoms with van der Waals surface area (Å²) in [5.41, 5.74) is 5.49. The summed E-state index contributed by atoms with van der Waals surface area (Å²) in [7, 11) is 0. The van der Waals surface area contributed by atoms with Crippen LogP contribution in [-0.4, -0.2) is 6.29 Å². The van der Waals surface area contributed by atoms with Gasteiger partial charge in [-0.15, -0.1) is 0 Å². The van der Waals surface area contributed by atoms with Crippen LogP contribution >= 0.6 is 0 Å². The molecule has 2 nitrogen and oxygen atoms in total. The van der Waals surface area contributed by atoms with Gasteiger partial charge in [0, 0.05) is 11.5 Å². The van der Waals surface area contributed by atoms with Gasteiger partial charge in [0.05, 0.1) is 11.6 Å². The third-order valence-corrected chi connectivity index (χ3v) is 4.97. The number of hydrogen-bond acceptors (Lipinski definition) is 2. The van der Waals surface area contributed by atoms with Crippen molar-refractivity contribution in [1.29, 1.82) is 5.26 Å². The molecule has 1 aliphatic rings. The topological polar surface area (TPSA) is 40.9 Å². The Labute approximate surface area is 157 Å². The second kappa shape index (κ2) is 7.01. The maximum absolute atomic E-state index is 14.0. The van der Waals surface area contributed by atoms with Crippen molar-refractivity contribution in [2.45, 2.75) is 12.3 Å². The number of nitriles is 1. The summed E-state index contributed by atoms with van der Waals surface area (Å²) in [4.78, 5) is 11.4. The number of hydrogen-bond donors (Lipinski definition) is 0. The molecule has 0 saturated heterocycles. The zero-order chi connectivity index (χ0) is 18.8. The molecule has 0 spiro atoms. The van der Waals surface area contributed by atoms with E-state index in [1.165, 1.54) is 6.07 Å². The minimum absolute atomic E-state index is 0.0518. The standard InChI is InChI=1S/C24H16FNO/c25-24-8-4-3-7-23(24)21-12-19(13-21)18-9-16(15-27)10-20(11-18)22-6-2-1-5-17(22)14-26/h1-12,15,21H,13H2. The molecule has 0 aliphatic heterocycles. The van der Waals surface area contributed by atoms with Crippen molar-refractivity contribution in [3.05, 3.63) is 101 Å². The van der Waals surface area contributed by atoms with Crippen molar-refractivity contribution in [2.24, 2.45) is 0 Å². The van der Waals surface area contributed by atoms with Crippen molar-refractivity contribution in [3.63, 3.8) is 0 Å². The number of allylic oxidation sites excluding steroid dienone is 2. The number of aldehydes is 1. The highest BCUT2D eigenvalue weighted by Gasteiger charge is 2.24. The first-order valence-electron chi connectivity index (χ1n) is 8.75. The summed E-state index contributed by atoms with van der Waals surface area (Å²) in [6.07, 6.45) is 3.58. The van der Waals surface area contributed by atoms with Crippen molar-refractivity contribution in [2.75, 3.05) is 0 Å². The van der Waals surface area contributed by atoms with Crippen LogP contribution in [0.15, 0.2) is 72.8 Å². The Morgan fingerprint density at radius 1 is 1.00 bits per heavy atom. The van der Waals surface area contributed by atoms with Gasteiger partial charge in [-0.05, 0) is 64.6 Å². The monoisotopic (exact) mass is 353 g/mol. The predicted octanol–water partition coefficient (Wildman–Crippen LogP) is 5.75. The molecule has 3 aromatic carbocycles. The van der Waals surface area contributed by atoms with Crippen LogP contribution in [0.1, 0.15) is 39.4 Å². The van der Waals surface area contributed by atoms with Crippen molar-refractivity contribution < 1.29 is 9.18 Å². The fraction of sp³-hybridized carbons (Fsp3) is 0.0833. The number of nitrogens with zero attached hydrogens (tertiary/aromatic N) is 1. The highest BCUT2D eigenvalue weighted by Crippen LogP contribution is 2.42. The van der Waals surface area contributed by atoms with Crippen molar-refractivity contribution >= 4 is 11.9 Å². The molecule has 0 aromatic heterocycles. The summed E-state index contributed by atoms with van der Waals surface area (Å²) in [5, 5.41) is 9.36. The maximum Gasteiger partial charge on any atom is 0.150 e. The van der Waals surface area contributed by atoms with E-state index < -0.39 is 0 Å². The van der Waals surface area contributed by atoms with Gasteiger partial charge in [0.15, 0.2) is 0 Å². The van der Waals surface area contributed by atoms with E-state index in [0.717, 1.165) is 35.0 Å². The smallest absolute Gasteiger partial charge is 0.150 e. The lowest BCUT2D eigenvalue weighted by Crippen LogP contribution is -2.09. The van der Waals surface area contributed by atoms with Crippen LogP contribution in [0.2, 0.25) is 0 Å². The Hall–Kier alpha value is -3.51. The molecule has 0 saturated carbocycles. The minimum Gasteiger partial charge on any atom is -0.298 e. The summed E-state index contributed by atoms with van der Waals surface area (Å²) < 4.78 is 14.0. The van der Waals surface area contributed by atoms with E-state index in [1.54, 1.807) is 18.2 Å². The second-order valence-corrected chi connectivity index (χ2v) is 6.64. The molecule has 1 aliphatic carbocycles. The van der Waals surface area contributed by atoms with E-state index in [9.17, 15) is 14.4 Å². The molecular weight excluding hydrogens is 337 g/mol. The Bertz CT molecular complexity index is 1110. The van der Waals surface area contributed by atoms with Crippen LogP contribution in [0.4, 0.5) is 4.39 Å². The SMILES string of the molecule is N#Cc1ccccc1-c1cc(C=O)cc(C2=CC(c3ccccc3F)C2)c1. The second-order valence-electron chi connectivity index (χ2n) is 6.64. The highest BCUT2D eigenvalue weighted by molar-refractivity contribution is 5.85. The molecule has 1 atom stereocenters. The van der Waals surface area contributed by atoms with Crippen LogP contribution in [0.5, 0.6) is 0 Å². The van der Waals surface area contributed by atoms with Crippen molar-refractivity contribution in [3.8, 4) is 17.2 Å². The molecule has 1 unspecified atom stereocenters. The third-order valence-electron chi connectivity index (χ3n) is 4.97. The first-order chi connectivity index (χ1) is 13.2. The largest absolute Gasteiger partial charge is 0.298 e. The molecule has 130 valence electrons. The molecule has 0 N–H and O–H groups in total. The zero-order valence-electron chi connectivity index (χ0n) is 14.5. The minimum atomic E-state index is -0.192. The van der Waals surface area contributed by atoms with E-state index in [-0.39, 0.29) is 11.7 Å². The Morgan fingerprint density at radius 2 is 1.70 bits per heavy atom. The van der Waals surface area contributed by atoms with Crippen molar-refractivity contribution in [1.82, 2.24) is 0 Å². The van der Waals surface area contributed by atoms with Gasteiger partial charge in [-0.25, -0.2) is 4.39 Å². The van der Waals surface area contributed by atoms with Gasteiger partial charge >= 0.3 is 0 Å². The lowest BCUT2D eigenvalue weighted by atomic mass is 9.77. The van der Waals surface area contributed by atoms with Crippen LogP contribution in [0.3, 0.4) is 0 Å². The summed E-state index contributed by atoms with van der Waals surface area (Å²) in [6.45, 7) is 0. The van der Waals surface area contributed by atoms with Crippen LogP contribution in [0, 0.1) is 17.1 Å². The molecule has 0 bridgehead atoms. The van der Waals surface area contributed by atoms with Gasteiger partial charge in [0.2, 0.25) is 0 Å². The number of carbonyl (C=O) groups excluding carboxylic acids is 1. The average Bonchev–Trinajstić information content (AvgIpc) is 2.68. The molecule has 4 rings (SSSR count). The first-order valence-corrected chi connectivity index (χ1v) is 8.75. The van der Waals surface area contributed by atoms with E-state index in [4.69, 9.17) is 0 Å². The van der Waals surface area contributed by atoms with Gasteiger partial charge in [-0.3, -0.25) is 4.79 Å². The molecule has 0 heterocycles. The average molecular weight is 353 g/mol. The molecular formula is C24H16FNO. The molecule has 0 radical (unpaired) electrons. The number of halogens is 1. The quantitative estimate of drug-likeness (QED) is 0.561. The normalized spacial score (nSPS) is 15.4. The van der Waals surface area contributed by atoms with E-state index in [2.05, 4.69) is 6.07 Å². The molecule has 27 heavy (non-hydrogen) atoms. The highest BCUT2D eigenvalue weighted by atomic mass is 19.1. The fourth-order valence-electron chi connectivity index (χ4n) is 3.53. The van der Waals surface area contributed by atoms with Crippen LogP contribution in [-0.2, 0) is 0 Å². The Balaban J connectivity index is 1.73. The number of benzene rings is 3. The first kappa shape index (κ1) is 16.9. The maximum atomic E-state index is 14.0. The molecule has 3 heteroatoms. The van der Waals surface area contributed by atoms with Crippen LogP contribution in [0.25, 0.3) is 16.7 Å². The Morgan fingerprint density at radius 3 is 2.44 bits per heavy atom. The van der Waals surface area contributed by atoms with Gasteiger partial charge in [-0.1, -0.05) is 42.5 Å². The molecule has 0 amide bonds. The number of carbonyl (C=O) groups is 1.